The second-order valence-corrected chi connectivity index (χ2v) is 7.55. The summed E-state index contributed by atoms with van der Waals surface area (Å²) in [5.74, 6) is 0.0238. The second kappa shape index (κ2) is 7.27. The van der Waals surface area contributed by atoms with Crippen molar-refractivity contribution in [1.29, 1.82) is 0 Å². The lowest BCUT2D eigenvalue weighted by Gasteiger charge is -2.19. The number of nitrogens with zero attached hydrogens (tertiary/aromatic N) is 1. The van der Waals surface area contributed by atoms with E-state index in [1.54, 1.807) is 25.3 Å². The van der Waals surface area contributed by atoms with Gasteiger partial charge in [0.05, 0.1) is 12.6 Å². The lowest BCUT2D eigenvalue weighted by Crippen LogP contribution is -2.11. The lowest BCUT2D eigenvalue weighted by molar-refractivity contribution is 0.0697. The quantitative estimate of drug-likeness (QED) is 0.677. The number of nitrogens with one attached hydrogen (secondary N) is 1. The molecule has 0 unspecified atom stereocenters. The largest absolute Gasteiger partial charge is 0.497 e. The number of fused-ring (bicyclic) bond motifs is 1. The van der Waals surface area contributed by atoms with Crippen LogP contribution in [0, 0.1) is 0 Å². The molecule has 140 valence electrons. The number of benzene rings is 2. The van der Waals surface area contributed by atoms with E-state index in [-0.39, 0.29) is 11.0 Å². The Morgan fingerprint density at radius 3 is 2.41 bits per heavy atom. The van der Waals surface area contributed by atoms with Crippen molar-refractivity contribution in [3.8, 4) is 5.75 Å². The minimum Gasteiger partial charge on any atom is -0.497 e. The zero-order chi connectivity index (χ0) is 19.6. The lowest BCUT2D eigenvalue weighted by atomic mass is 9.87. The van der Waals surface area contributed by atoms with Gasteiger partial charge >= 0.3 is 5.97 Å². The molecule has 0 aliphatic rings. The van der Waals surface area contributed by atoms with Gasteiger partial charge in [-0.1, -0.05) is 45.0 Å². The van der Waals surface area contributed by atoms with Crippen LogP contribution >= 0.6 is 0 Å². The highest BCUT2D eigenvalue weighted by molar-refractivity contribution is 5.98. The van der Waals surface area contributed by atoms with Crippen LogP contribution in [-0.4, -0.2) is 23.2 Å². The van der Waals surface area contributed by atoms with Crippen LogP contribution in [0.2, 0.25) is 0 Å². The molecule has 0 atom stereocenters. The van der Waals surface area contributed by atoms with Gasteiger partial charge in [0.1, 0.15) is 17.1 Å². The van der Waals surface area contributed by atoms with Crippen molar-refractivity contribution >= 4 is 22.7 Å². The monoisotopic (exact) mass is 364 g/mol. The number of pyridine rings is 1. The van der Waals surface area contributed by atoms with Crippen molar-refractivity contribution < 1.29 is 14.6 Å². The molecule has 5 heteroatoms. The van der Waals surface area contributed by atoms with Gasteiger partial charge in [0.15, 0.2) is 0 Å². The van der Waals surface area contributed by atoms with E-state index >= 15 is 0 Å². The molecule has 2 aromatic carbocycles. The molecule has 0 aliphatic carbocycles. The molecule has 0 aliphatic heterocycles. The molecule has 0 radical (unpaired) electrons. The number of ether oxygens (including phenoxy) is 1. The third-order valence-electron chi connectivity index (χ3n) is 4.54. The molecule has 3 rings (SSSR count). The van der Waals surface area contributed by atoms with Gasteiger partial charge in [-0.2, -0.15) is 0 Å². The zero-order valence-corrected chi connectivity index (χ0v) is 16.0. The Morgan fingerprint density at radius 2 is 1.81 bits per heavy atom. The fraction of sp³-hybridized carbons (Fsp3) is 0.273. The van der Waals surface area contributed by atoms with Gasteiger partial charge in [-0.15, -0.1) is 0 Å². The van der Waals surface area contributed by atoms with E-state index in [9.17, 15) is 9.90 Å². The van der Waals surface area contributed by atoms with Gasteiger partial charge < -0.3 is 15.2 Å². The molecule has 0 saturated carbocycles. The molecule has 27 heavy (non-hydrogen) atoms. The molecule has 1 aromatic heterocycles. The highest BCUT2D eigenvalue weighted by Crippen LogP contribution is 2.25. The van der Waals surface area contributed by atoms with E-state index in [0.717, 1.165) is 10.9 Å². The number of anilines is 1. The summed E-state index contributed by atoms with van der Waals surface area (Å²) in [5, 5.41) is 13.5. The summed E-state index contributed by atoms with van der Waals surface area (Å²) in [4.78, 5) is 16.2. The number of carboxylic acid groups (broad SMARTS) is 1. The average molecular weight is 364 g/mol. The Kier molecular flexibility index (Phi) is 5.04. The zero-order valence-electron chi connectivity index (χ0n) is 16.0. The van der Waals surface area contributed by atoms with Crippen LogP contribution in [0.1, 0.15) is 42.3 Å². The normalized spacial score (nSPS) is 11.4. The molecule has 0 spiro atoms. The van der Waals surface area contributed by atoms with Gasteiger partial charge in [0, 0.05) is 18.0 Å². The number of hydrogen-bond donors (Lipinski definition) is 2. The first-order valence-electron chi connectivity index (χ1n) is 8.83. The number of aromatic nitrogens is 1. The number of carboxylic acids is 1. The molecule has 0 bridgehead atoms. The van der Waals surface area contributed by atoms with Crippen LogP contribution in [-0.2, 0) is 12.0 Å². The van der Waals surface area contributed by atoms with Crippen LogP contribution < -0.4 is 10.1 Å². The van der Waals surface area contributed by atoms with Crippen molar-refractivity contribution in [2.45, 2.75) is 32.7 Å². The second-order valence-electron chi connectivity index (χ2n) is 7.55. The summed E-state index contributed by atoms with van der Waals surface area (Å²) in [6.07, 6.45) is 0. The summed E-state index contributed by atoms with van der Waals surface area (Å²) in [5.41, 5.74) is 3.26. The fourth-order valence-corrected chi connectivity index (χ4v) is 2.88. The van der Waals surface area contributed by atoms with Crippen LogP contribution in [0.3, 0.4) is 0 Å². The fourth-order valence-electron chi connectivity index (χ4n) is 2.88. The minimum absolute atomic E-state index is 0.0986. The number of carbonyl (C=O) groups is 1. The van der Waals surface area contributed by atoms with E-state index in [4.69, 9.17) is 4.74 Å². The van der Waals surface area contributed by atoms with Gasteiger partial charge in [0.2, 0.25) is 0 Å². The van der Waals surface area contributed by atoms with E-state index < -0.39 is 5.97 Å². The number of methoxy groups -OCH3 is 1. The molecular formula is C22H24N2O3. The molecular weight excluding hydrogens is 340 g/mol. The third-order valence-corrected chi connectivity index (χ3v) is 4.54. The van der Waals surface area contributed by atoms with Crippen LogP contribution in [0.4, 0.5) is 5.82 Å². The number of aromatic carboxylic acids is 1. The molecule has 1 heterocycles. The summed E-state index contributed by atoms with van der Waals surface area (Å²) in [6.45, 7) is 7.01. The Bertz CT molecular complexity index is 973. The van der Waals surface area contributed by atoms with Crippen molar-refractivity contribution in [3.63, 3.8) is 0 Å². The minimum atomic E-state index is -1.01. The smallest absolute Gasteiger partial charge is 0.339 e. The van der Waals surface area contributed by atoms with E-state index in [0.29, 0.717) is 23.6 Å². The Labute approximate surface area is 159 Å². The molecule has 5 nitrogen and oxygen atoms in total. The van der Waals surface area contributed by atoms with Crippen LogP contribution in [0.25, 0.3) is 10.9 Å². The van der Waals surface area contributed by atoms with Gasteiger partial charge in [-0.3, -0.25) is 0 Å². The van der Waals surface area contributed by atoms with E-state index in [2.05, 4.69) is 55.3 Å². The summed E-state index contributed by atoms with van der Waals surface area (Å²) >= 11 is 0. The maximum atomic E-state index is 11.7. The first-order valence-corrected chi connectivity index (χ1v) is 8.83. The van der Waals surface area contributed by atoms with Gasteiger partial charge in [0.25, 0.3) is 0 Å². The topological polar surface area (TPSA) is 71.5 Å². The number of rotatable bonds is 5. The van der Waals surface area contributed by atoms with Gasteiger partial charge in [-0.25, -0.2) is 9.78 Å². The number of hydrogen-bond acceptors (Lipinski definition) is 4. The molecule has 0 saturated heterocycles. The Morgan fingerprint density at radius 1 is 1.11 bits per heavy atom. The predicted molar refractivity (Wildman–Crippen MR) is 108 cm³/mol. The van der Waals surface area contributed by atoms with Crippen molar-refractivity contribution in [2.75, 3.05) is 12.4 Å². The van der Waals surface area contributed by atoms with Crippen molar-refractivity contribution in [2.24, 2.45) is 0 Å². The predicted octanol–water partition coefficient (Wildman–Crippen LogP) is 4.85. The van der Waals surface area contributed by atoms with E-state index in [1.165, 1.54) is 5.56 Å². The van der Waals surface area contributed by atoms with Crippen molar-refractivity contribution in [1.82, 2.24) is 4.98 Å². The maximum Gasteiger partial charge on any atom is 0.339 e. The first-order chi connectivity index (χ1) is 12.8. The van der Waals surface area contributed by atoms with Crippen LogP contribution in [0.15, 0.2) is 48.5 Å². The molecule has 3 aromatic rings. The SMILES string of the molecule is COc1ccc2cc(C(=O)O)c(NCc3ccc(C(C)(C)C)cc3)nc2c1. The average Bonchev–Trinajstić information content (AvgIpc) is 2.64. The standard InChI is InChI=1S/C22H24N2O3/c1-22(2,3)16-8-5-14(6-9-16)13-23-20-18(21(25)26)11-15-7-10-17(27-4)12-19(15)24-20/h5-12H,13H2,1-4H3,(H,23,24)(H,25,26). The maximum absolute atomic E-state index is 11.7. The van der Waals surface area contributed by atoms with Crippen LogP contribution in [0.5, 0.6) is 5.75 Å². The molecule has 2 N–H and O–H groups in total. The highest BCUT2D eigenvalue weighted by Gasteiger charge is 2.15. The summed E-state index contributed by atoms with van der Waals surface area (Å²) in [6, 6.07) is 15.3. The van der Waals surface area contributed by atoms with Crippen molar-refractivity contribution in [3.05, 3.63) is 65.2 Å². The highest BCUT2D eigenvalue weighted by atomic mass is 16.5. The summed E-state index contributed by atoms with van der Waals surface area (Å²) in [7, 11) is 1.59. The first kappa shape index (κ1) is 18.7. The Hall–Kier alpha value is -3.08. The van der Waals surface area contributed by atoms with E-state index in [1.807, 2.05) is 6.07 Å². The third kappa shape index (κ3) is 4.19. The summed E-state index contributed by atoms with van der Waals surface area (Å²) < 4.78 is 5.23. The van der Waals surface area contributed by atoms with Gasteiger partial charge in [-0.05, 0) is 34.7 Å². The molecule has 0 fully saturated rings. The molecule has 0 amide bonds. The Balaban J connectivity index is 1.88.